The first-order chi connectivity index (χ1) is 14.0. The monoisotopic (exact) mass is 388 g/mol. The summed E-state index contributed by atoms with van der Waals surface area (Å²) in [5.74, 6) is -0.136. The molecule has 0 saturated heterocycles. The van der Waals surface area contributed by atoms with Crippen molar-refractivity contribution in [3.63, 3.8) is 0 Å². The summed E-state index contributed by atoms with van der Waals surface area (Å²) >= 11 is 0. The highest BCUT2D eigenvalue weighted by molar-refractivity contribution is 5.98. The molecule has 1 N–H and O–H groups in total. The predicted molar refractivity (Wildman–Crippen MR) is 112 cm³/mol. The lowest BCUT2D eigenvalue weighted by atomic mass is 10.1. The number of aromatic nitrogens is 5. The second-order valence-electron chi connectivity index (χ2n) is 7.37. The lowest BCUT2D eigenvalue weighted by molar-refractivity contribution is 0.0950. The first kappa shape index (κ1) is 18.9. The second kappa shape index (κ2) is 7.87. The fraction of sp³-hybridized carbons (Fsp3) is 0.273. The van der Waals surface area contributed by atoms with Gasteiger partial charge in [0.25, 0.3) is 5.91 Å². The number of hydrogen-bond acceptors (Lipinski definition) is 4. The van der Waals surface area contributed by atoms with Crippen molar-refractivity contribution in [2.45, 2.75) is 39.9 Å². The van der Waals surface area contributed by atoms with Crippen LogP contribution in [-0.4, -0.2) is 30.5 Å². The molecule has 4 rings (SSSR count). The molecule has 1 aromatic carbocycles. The summed E-state index contributed by atoms with van der Waals surface area (Å²) in [6, 6.07) is 12.0. The Morgan fingerprint density at radius 1 is 1.14 bits per heavy atom. The number of amides is 1. The molecular formula is C22H24N6O. The number of hydrogen-bond donors (Lipinski definition) is 1. The standard InChI is InChI=1S/C22H24N6O/c1-15(2)28-21-19(13-25-28)11-20(16(3)26-21)22(29)23-12-17-7-4-5-8-18(17)14-27-10-6-9-24-27/h4-11,13,15H,12,14H2,1-3H3,(H,23,29). The largest absolute Gasteiger partial charge is 0.348 e. The number of nitrogens with one attached hydrogen (secondary N) is 1. The van der Waals surface area contributed by atoms with Gasteiger partial charge in [-0.25, -0.2) is 9.67 Å². The van der Waals surface area contributed by atoms with Crippen molar-refractivity contribution < 1.29 is 4.79 Å². The van der Waals surface area contributed by atoms with Crippen LogP contribution < -0.4 is 5.32 Å². The molecule has 3 heterocycles. The molecule has 0 aliphatic rings. The van der Waals surface area contributed by atoms with Crippen LogP contribution in [-0.2, 0) is 13.1 Å². The van der Waals surface area contributed by atoms with Gasteiger partial charge in [-0.3, -0.25) is 9.48 Å². The van der Waals surface area contributed by atoms with Gasteiger partial charge in [-0.05, 0) is 44.0 Å². The maximum absolute atomic E-state index is 12.9. The van der Waals surface area contributed by atoms with Gasteiger partial charge in [0.1, 0.15) is 0 Å². The van der Waals surface area contributed by atoms with E-state index in [4.69, 9.17) is 0 Å². The van der Waals surface area contributed by atoms with Gasteiger partial charge in [-0.15, -0.1) is 0 Å². The maximum atomic E-state index is 12.9. The Balaban J connectivity index is 1.53. The third-order valence-corrected chi connectivity index (χ3v) is 4.94. The summed E-state index contributed by atoms with van der Waals surface area (Å²) in [6.07, 6.45) is 5.45. The minimum absolute atomic E-state index is 0.136. The smallest absolute Gasteiger partial charge is 0.253 e. The molecule has 29 heavy (non-hydrogen) atoms. The number of fused-ring (bicyclic) bond motifs is 1. The second-order valence-corrected chi connectivity index (χ2v) is 7.37. The van der Waals surface area contributed by atoms with E-state index in [2.05, 4.69) is 40.4 Å². The Hall–Kier alpha value is -3.48. The van der Waals surface area contributed by atoms with E-state index in [1.165, 1.54) is 0 Å². The molecule has 1 amide bonds. The van der Waals surface area contributed by atoms with E-state index in [9.17, 15) is 4.79 Å². The zero-order valence-corrected chi connectivity index (χ0v) is 16.8. The molecule has 148 valence electrons. The molecule has 0 aliphatic carbocycles. The van der Waals surface area contributed by atoms with Crippen molar-refractivity contribution >= 4 is 16.9 Å². The number of nitrogens with zero attached hydrogens (tertiary/aromatic N) is 5. The number of rotatable bonds is 6. The van der Waals surface area contributed by atoms with Crippen molar-refractivity contribution in [3.05, 3.63) is 77.4 Å². The van der Waals surface area contributed by atoms with E-state index in [1.54, 1.807) is 12.4 Å². The molecule has 4 aromatic rings. The van der Waals surface area contributed by atoms with Crippen molar-refractivity contribution in [2.24, 2.45) is 0 Å². The van der Waals surface area contributed by atoms with Crippen LogP contribution in [0.1, 0.15) is 47.1 Å². The molecule has 3 aromatic heterocycles. The highest BCUT2D eigenvalue weighted by Crippen LogP contribution is 2.19. The number of carbonyl (C=O) groups is 1. The van der Waals surface area contributed by atoms with Crippen LogP contribution in [0.25, 0.3) is 11.0 Å². The maximum Gasteiger partial charge on any atom is 0.253 e. The summed E-state index contributed by atoms with van der Waals surface area (Å²) in [5.41, 5.74) is 4.27. The SMILES string of the molecule is Cc1nc2c(cnn2C(C)C)cc1C(=O)NCc1ccccc1Cn1cccn1. The van der Waals surface area contributed by atoms with Crippen LogP contribution >= 0.6 is 0 Å². The number of benzene rings is 1. The van der Waals surface area contributed by atoms with Gasteiger partial charge < -0.3 is 5.32 Å². The molecular weight excluding hydrogens is 364 g/mol. The van der Waals surface area contributed by atoms with Crippen molar-refractivity contribution in [3.8, 4) is 0 Å². The molecule has 7 heteroatoms. The van der Waals surface area contributed by atoms with Gasteiger partial charge in [-0.2, -0.15) is 10.2 Å². The number of pyridine rings is 1. The van der Waals surface area contributed by atoms with Crippen LogP contribution in [0.2, 0.25) is 0 Å². The Morgan fingerprint density at radius 3 is 2.66 bits per heavy atom. The Labute approximate surface area is 169 Å². The molecule has 0 unspecified atom stereocenters. The van der Waals surface area contributed by atoms with E-state index in [1.807, 2.05) is 52.8 Å². The third-order valence-electron chi connectivity index (χ3n) is 4.94. The third kappa shape index (κ3) is 3.89. The summed E-state index contributed by atoms with van der Waals surface area (Å²) in [5, 5.41) is 12.6. The lowest BCUT2D eigenvalue weighted by Crippen LogP contribution is -2.25. The van der Waals surface area contributed by atoms with E-state index in [-0.39, 0.29) is 11.9 Å². The predicted octanol–water partition coefficient (Wildman–Crippen LogP) is 3.50. The fourth-order valence-corrected chi connectivity index (χ4v) is 3.40. The number of carbonyl (C=O) groups excluding carboxylic acids is 1. The highest BCUT2D eigenvalue weighted by Gasteiger charge is 2.15. The first-order valence-electron chi connectivity index (χ1n) is 9.70. The van der Waals surface area contributed by atoms with E-state index < -0.39 is 0 Å². The van der Waals surface area contributed by atoms with Gasteiger partial charge in [0.15, 0.2) is 5.65 Å². The number of aryl methyl sites for hydroxylation is 1. The van der Waals surface area contributed by atoms with Crippen LogP contribution in [0.15, 0.2) is 55.0 Å². The van der Waals surface area contributed by atoms with Crippen molar-refractivity contribution in [1.29, 1.82) is 0 Å². The van der Waals surface area contributed by atoms with E-state index in [0.717, 1.165) is 22.2 Å². The van der Waals surface area contributed by atoms with Crippen LogP contribution in [0, 0.1) is 6.92 Å². The summed E-state index contributed by atoms with van der Waals surface area (Å²) in [7, 11) is 0. The van der Waals surface area contributed by atoms with Crippen LogP contribution in [0.4, 0.5) is 0 Å². The molecule has 0 radical (unpaired) electrons. The molecule has 7 nitrogen and oxygen atoms in total. The summed E-state index contributed by atoms with van der Waals surface area (Å²) in [4.78, 5) is 17.5. The van der Waals surface area contributed by atoms with Gasteiger partial charge >= 0.3 is 0 Å². The molecule has 0 atom stereocenters. The van der Waals surface area contributed by atoms with E-state index >= 15 is 0 Å². The Morgan fingerprint density at radius 2 is 1.93 bits per heavy atom. The molecule has 0 spiro atoms. The normalized spacial score (nSPS) is 11.3. The summed E-state index contributed by atoms with van der Waals surface area (Å²) in [6.45, 7) is 7.09. The van der Waals surface area contributed by atoms with Crippen LogP contribution in [0.3, 0.4) is 0 Å². The first-order valence-corrected chi connectivity index (χ1v) is 9.70. The minimum atomic E-state index is -0.136. The fourth-order valence-electron chi connectivity index (χ4n) is 3.40. The Kier molecular flexibility index (Phi) is 5.12. The van der Waals surface area contributed by atoms with Gasteiger partial charge in [-0.1, -0.05) is 24.3 Å². The average molecular weight is 388 g/mol. The summed E-state index contributed by atoms with van der Waals surface area (Å²) < 4.78 is 3.74. The minimum Gasteiger partial charge on any atom is -0.348 e. The topological polar surface area (TPSA) is 77.6 Å². The zero-order valence-electron chi connectivity index (χ0n) is 16.8. The van der Waals surface area contributed by atoms with Crippen molar-refractivity contribution in [1.82, 2.24) is 29.9 Å². The zero-order chi connectivity index (χ0) is 20.4. The van der Waals surface area contributed by atoms with Crippen molar-refractivity contribution in [2.75, 3.05) is 0 Å². The van der Waals surface area contributed by atoms with Gasteiger partial charge in [0, 0.05) is 30.4 Å². The molecule has 0 bridgehead atoms. The highest BCUT2D eigenvalue weighted by atomic mass is 16.1. The molecule has 0 aliphatic heterocycles. The van der Waals surface area contributed by atoms with E-state index in [0.29, 0.717) is 24.3 Å². The lowest BCUT2D eigenvalue weighted by Gasteiger charge is -2.12. The Bertz CT molecular complexity index is 1140. The molecule has 0 fully saturated rings. The van der Waals surface area contributed by atoms with Crippen LogP contribution in [0.5, 0.6) is 0 Å². The van der Waals surface area contributed by atoms with Gasteiger partial charge in [0.05, 0.1) is 24.0 Å². The quantitative estimate of drug-likeness (QED) is 0.548. The molecule has 0 saturated carbocycles. The average Bonchev–Trinajstić information content (AvgIpc) is 3.36. The van der Waals surface area contributed by atoms with Gasteiger partial charge in [0.2, 0.25) is 0 Å².